The van der Waals surface area contributed by atoms with Crippen molar-refractivity contribution in [2.24, 2.45) is 0 Å². The third kappa shape index (κ3) is 4.40. The summed E-state index contributed by atoms with van der Waals surface area (Å²) in [4.78, 5) is 15.3. The standard InChI is InChI=1S/C24H27N3O2/c1-17-9-11-21(12-10-17)23-22(24(28)26-13-18(2)29-19(3)14-26)16-27(25-23)15-20-7-5-4-6-8-20/h4-12,16,18-19H,13-15H2,1-3H3/t18-,19-/m1/s1. The number of morpholine rings is 1. The molecular formula is C24H27N3O2. The molecule has 0 saturated carbocycles. The second-order valence-corrected chi connectivity index (χ2v) is 7.91. The van der Waals surface area contributed by atoms with Crippen molar-refractivity contribution in [2.75, 3.05) is 13.1 Å². The van der Waals surface area contributed by atoms with Gasteiger partial charge in [-0.25, -0.2) is 0 Å². The number of amides is 1. The van der Waals surface area contributed by atoms with E-state index in [2.05, 4.69) is 31.2 Å². The van der Waals surface area contributed by atoms with E-state index in [1.54, 1.807) is 0 Å². The molecule has 2 heterocycles. The lowest BCUT2D eigenvalue weighted by Crippen LogP contribution is -2.48. The number of aromatic nitrogens is 2. The maximum Gasteiger partial charge on any atom is 0.257 e. The first-order valence-corrected chi connectivity index (χ1v) is 10.1. The van der Waals surface area contributed by atoms with Gasteiger partial charge in [-0.15, -0.1) is 0 Å². The van der Waals surface area contributed by atoms with Gasteiger partial charge in [0.1, 0.15) is 5.69 Å². The summed E-state index contributed by atoms with van der Waals surface area (Å²) >= 11 is 0. The molecule has 4 rings (SSSR count). The van der Waals surface area contributed by atoms with E-state index >= 15 is 0 Å². The van der Waals surface area contributed by atoms with Crippen molar-refractivity contribution >= 4 is 5.91 Å². The number of carbonyl (C=O) groups is 1. The predicted octanol–water partition coefficient (Wildman–Crippen LogP) is 4.16. The lowest BCUT2D eigenvalue weighted by Gasteiger charge is -2.35. The van der Waals surface area contributed by atoms with Crippen molar-refractivity contribution in [3.05, 3.63) is 77.5 Å². The Morgan fingerprint density at radius 3 is 2.34 bits per heavy atom. The first kappa shape index (κ1) is 19.4. The molecule has 2 atom stereocenters. The minimum atomic E-state index is 0.0156. The molecule has 5 nitrogen and oxygen atoms in total. The molecule has 1 amide bonds. The van der Waals surface area contributed by atoms with Gasteiger partial charge in [-0.2, -0.15) is 5.10 Å². The van der Waals surface area contributed by atoms with Crippen molar-refractivity contribution in [1.29, 1.82) is 0 Å². The number of hydrogen-bond acceptors (Lipinski definition) is 3. The molecule has 2 aromatic carbocycles. The Morgan fingerprint density at radius 1 is 1.03 bits per heavy atom. The van der Waals surface area contributed by atoms with Crippen LogP contribution in [0.3, 0.4) is 0 Å². The third-order valence-corrected chi connectivity index (χ3v) is 5.21. The Morgan fingerprint density at radius 2 is 1.69 bits per heavy atom. The molecule has 0 unspecified atom stereocenters. The zero-order valence-electron chi connectivity index (χ0n) is 17.2. The van der Waals surface area contributed by atoms with E-state index in [9.17, 15) is 4.79 Å². The smallest absolute Gasteiger partial charge is 0.257 e. The second kappa shape index (κ2) is 8.21. The topological polar surface area (TPSA) is 47.4 Å². The van der Waals surface area contributed by atoms with Crippen LogP contribution >= 0.6 is 0 Å². The lowest BCUT2D eigenvalue weighted by atomic mass is 10.1. The zero-order valence-corrected chi connectivity index (χ0v) is 17.2. The van der Waals surface area contributed by atoms with Crippen LogP contribution in [0.15, 0.2) is 60.8 Å². The van der Waals surface area contributed by atoms with Crippen molar-refractivity contribution in [2.45, 2.75) is 39.5 Å². The van der Waals surface area contributed by atoms with E-state index in [0.717, 1.165) is 16.8 Å². The van der Waals surface area contributed by atoms with Crippen LogP contribution in [-0.4, -0.2) is 45.9 Å². The fourth-order valence-electron chi connectivity index (χ4n) is 3.87. The molecule has 1 fully saturated rings. The van der Waals surface area contributed by atoms with Gasteiger partial charge in [-0.05, 0) is 26.3 Å². The van der Waals surface area contributed by atoms with Gasteiger partial charge in [0.2, 0.25) is 0 Å². The molecule has 0 N–H and O–H groups in total. The molecule has 0 radical (unpaired) electrons. The number of hydrogen-bond donors (Lipinski definition) is 0. The maximum absolute atomic E-state index is 13.4. The van der Waals surface area contributed by atoms with Crippen molar-refractivity contribution in [3.8, 4) is 11.3 Å². The normalized spacial score (nSPS) is 19.3. The highest BCUT2D eigenvalue weighted by molar-refractivity contribution is 6.00. The molecule has 3 aromatic rings. The van der Waals surface area contributed by atoms with E-state index in [1.807, 2.05) is 60.0 Å². The van der Waals surface area contributed by atoms with Crippen molar-refractivity contribution in [1.82, 2.24) is 14.7 Å². The van der Waals surface area contributed by atoms with E-state index in [1.165, 1.54) is 5.56 Å². The SMILES string of the molecule is Cc1ccc(-c2nn(Cc3ccccc3)cc2C(=O)N2C[C@@H](C)O[C@H](C)C2)cc1. The fourth-order valence-corrected chi connectivity index (χ4v) is 3.87. The van der Waals surface area contributed by atoms with E-state index in [4.69, 9.17) is 9.84 Å². The molecule has 1 aliphatic rings. The van der Waals surface area contributed by atoms with Gasteiger partial charge in [0.25, 0.3) is 5.91 Å². The third-order valence-electron chi connectivity index (χ3n) is 5.21. The van der Waals surface area contributed by atoms with Gasteiger partial charge < -0.3 is 9.64 Å². The molecule has 29 heavy (non-hydrogen) atoms. The number of ether oxygens (including phenoxy) is 1. The highest BCUT2D eigenvalue weighted by atomic mass is 16.5. The first-order valence-electron chi connectivity index (χ1n) is 10.1. The largest absolute Gasteiger partial charge is 0.372 e. The Kier molecular flexibility index (Phi) is 5.49. The first-order chi connectivity index (χ1) is 14.0. The van der Waals surface area contributed by atoms with Gasteiger partial charge >= 0.3 is 0 Å². The summed E-state index contributed by atoms with van der Waals surface area (Å²) in [5.41, 5.74) is 4.67. The van der Waals surface area contributed by atoms with Crippen LogP contribution < -0.4 is 0 Å². The highest BCUT2D eigenvalue weighted by Crippen LogP contribution is 2.25. The number of benzene rings is 2. The van der Waals surface area contributed by atoms with Gasteiger partial charge in [-0.1, -0.05) is 60.2 Å². The molecule has 5 heteroatoms. The number of rotatable bonds is 4. The van der Waals surface area contributed by atoms with Crippen molar-refractivity contribution in [3.63, 3.8) is 0 Å². The van der Waals surface area contributed by atoms with Crippen LogP contribution in [0.25, 0.3) is 11.3 Å². The van der Waals surface area contributed by atoms with Crippen LogP contribution in [0.5, 0.6) is 0 Å². The molecule has 150 valence electrons. The molecular weight excluding hydrogens is 362 g/mol. The molecule has 0 aliphatic carbocycles. The van der Waals surface area contributed by atoms with Gasteiger partial charge in [-0.3, -0.25) is 9.48 Å². The minimum absolute atomic E-state index is 0.0156. The average molecular weight is 389 g/mol. The zero-order chi connectivity index (χ0) is 20.4. The van der Waals surface area contributed by atoms with E-state index in [0.29, 0.717) is 25.2 Å². The maximum atomic E-state index is 13.4. The van der Waals surface area contributed by atoms with Crippen LogP contribution in [0.4, 0.5) is 0 Å². The summed E-state index contributed by atoms with van der Waals surface area (Å²) < 4.78 is 7.67. The van der Waals surface area contributed by atoms with Gasteiger partial charge in [0.05, 0.1) is 24.3 Å². The van der Waals surface area contributed by atoms with Crippen molar-refractivity contribution < 1.29 is 9.53 Å². The van der Waals surface area contributed by atoms with E-state index < -0.39 is 0 Å². The Bertz CT molecular complexity index is 969. The lowest BCUT2D eigenvalue weighted by molar-refractivity contribution is -0.0586. The predicted molar refractivity (Wildman–Crippen MR) is 114 cm³/mol. The Labute approximate surface area is 171 Å². The minimum Gasteiger partial charge on any atom is -0.372 e. The molecule has 0 bridgehead atoms. The number of carbonyl (C=O) groups excluding carboxylic acids is 1. The molecule has 1 aliphatic heterocycles. The van der Waals surface area contributed by atoms with Crippen LogP contribution in [0.2, 0.25) is 0 Å². The van der Waals surface area contributed by atoms with Crippen LogP contribution in [0.1, 0.15) is 35.3 Å². The Balaban J connectivity index is 1.70. The highest BCUT2D eigenvalue weighted by Gasteiger charge is 2.29. The second-order valence-electron chi connectivity index (χ2n) is 7.91. The number of nitrogens with zero attached hydrogens (tertiary/aromatic N) is 3. The quantitative estimate of drug-likeness (QED) is 0.673. The van der Waals surface area contributed by atoms with E-state index in [-0.39, 0.29) is 18.1 Å². The summed E-state index contributed by atoms with van der Waals surface area (Å²) in [7, 11) is 0. The van der Waals surface area contributed by atoms with Gasteiger partial charge in [0, 0.05) is 24.8 Å². The van der Waals surface area contributed by atoms with Gasteiger partial charge in [0.15, 0.2) is 0 Å². The summed E-state index contributed by atoms with van der Waals surface area (Å²) in [5, 5.41) is 4.80. The summed E-state index contributed by atoms with van der Waals surface area (Å²) in [6, 6.07) is 18.3. The van der Waals surface area contributed by atoms with Crippen LogP contribution in [0, 0.1) is 6.92 Å². The molecule has 1 saturated heterocycles. The molecule has 1 aromatic heterocycles. The summed E-state index contributed by atoms with van der Waals surface area (Å²) in [6.07, 6.45) is 1.95. The fraction of sp³-hybridized carbons (Fsp3) is 0.333. The molecule has 0 spiro atoms. The average Bonchev–Trinajstić information content (AvgIpc) is 3.11. The van der Waals surface area contributed by atoms with Crippen LogP contribution in [-0.2, 0) is 11.3 Å². The Hall–Kier alpha value is -2.92. The monoisotopic (exact) mass is 389 g/mol. The summed E-state index contributed by atoms with van der Waals surface area (Å²) in [5.74, 6) is 0.0156. The number of aryl methyl sites for hydroxylation is 1. The summed E-state index contributed by atoms with van der Waals surface area (Å²) in [6.45, 7) is 7.90.